The van der Waals surface area contributed by atoms with Gasteiger partial charge >= 0.3 is 7.12 Å². The van der Waals surface area contributed by atoms with E-state index in [-0.39, 0.29) is 5.69 Å². The molecule has 0 atom stereocenters. The first-order valence-corrected chi connectivity index (χ1v) is 11.9. The number of fused-ring (bicyclic) bond motifs is 5. The van der Waals surface area contributed by atoms with Crippen LogP contribution in [0.3, 0.4) is 0 Å². The van der Waals surface area contributed by atoms with Crippen LogP contribution in [0, 0.1) is 0 Å². The van der Waals surface area contributed by atoms with E-state index in [1.54, 1.807) is 4.57 Å². The number of phenols is 5. The second-order valence-electron chi connectivity index (χ2n) is 10.5. The first kappa shape index (κ1) is 23.3. The first-order chi connectivity index (χ1) is 17.4. The van der Waals surface area contributed by atoms with Crippen molar-refractivity contribution >= 4 is 45.2 Å². The average Bonchev–Trinajstić information content (AvgIpc) is 3.31. The molecule has 0 amide bonds. The molecule has 6 rings (SSSR count). The Kier molecular flexibility index (Phi) is 4.71. The molecule has 37 heavy (non-hydrogen) atoms. The molecule has 8 nitrogen and oxygen atoms in total. The van der Waals surface area contributed by atoms with Crippen molar-refractivity contribution in [3.05, 3.63) is 54.6 Å². The van der Waals surface area contributed by atoms with Gasteiger partial charge in [0.25, 0.3) is 0 Å². The molecule has 5 aromatic rings. The van der Waals surface area contributed by atoms with E-state index in [4.69, 9.17) is 9.31 Å². The van der Waals surface area contributed by atoms with Gasteiger partial charge in [-0.2, -0.15) is 0 Å². The summed E-state index contributed by atoms with van der Waals surface area (Å²) in [5.74, 6) is -4.41. The molecule has 0 radical (unpaired) electrons. The minimum atomic E-state index is -1.01. The first-order valence-electron chi connectivity index (χ1n) is 11.9. The summed E-state index contributed by atoms with van der Waals surface area (Å²) in [6, 6.07) is 17.2. The summed E-state index contributed by atoms with van der Waals surface area (Å²) in [5, 5.41) is 55.6. The summed E-state index contributed by atoms with van der Waals surface area (Å²) in [6.07, 6.45) is 0. The lowest BCUT2D eigenvalue weighted by Gasteiger charge is -2.32. The molecule has 9 heteroatoms. The summed E-state index contributed by atoms with van der Waals surface area (Å²) >= 11 is 0. The lowest BCUT2D eigenvalue weighted by Crippen LogP contribution is -2.41. The summed E-state index contributed by atoms with van der Waals surface area (Å²) in [5.41, 5.74) is 0.684. The van der Waals surface area contributed by atoms with E-state index in [0.29, 0.717) is 11.0 Å². The fourth-order valence-electron chi connectivity index (χ4n) is 5.06. The zero-order chi connectivity index (χ0) is 26.4. The average molecular weight is 499 g/mol. The molecule has 0 spiro atoms. The molecule has 1 aromatic heterocycles. The topological polar surface area (TPSA) is 125 Å². The number of nitrogens with zero attached hydrogens (tertiary/aromatic N) is 1. The van der Waals surface area contributed by atoms with E-state index in [0.717, 1.165) is 27.0 Å². The SMILES string of the molecule is CC1(C)OB(c2ccc3c(c2)c2c4ccccc4ccc2n3-c2c(O)c(O)c(O)c(O)c2O)OC1(C)C. The second kappa shape index (κ2) is 7.47. The monoisotopic (exact) mass is 499 g/mol. The van der Waals surface area contributed by atoms with Crippen molar-refractivity contribution in [2.75, 3.05) is 0 Å². The van der Waals surface area contributed by atoms with E-state index >= 15 is 0 Å². The Hall–Kier alpha value is -4.08. The molecule has 188 valence electrons. The van der Waals surface area contributed by atoms with Gasteiger partial charge in [0, 0.05) is 10.8 Å². The fourth-order valence-corrected chi connectivity index (χ4v) is 5.06. The third-order valence-electron chi connectivity index (χ3n) is 7.77. The molecule has 1 aliphatic heterocycles. The Balaban J connectivity index is 1.72. The standard InChI is InChI=1S/C28H26BNO7/c1-27(2)28(3,4)37-29(36-27)15-10-12-18-17(13-15)20-16-8-6-5-7-14(16)9-11-19(20)30(18)21-22(31)24(33)26(35)25(34)23(21)32/h5-13,31-35H,1-4H3. The summed E-state index contributed by atoms with van der Waals surface area (Å²) in [6.45, 7) is 7.95. The summed E-state index contributed by atoms with van der Waals surface area (Å²) < 4.78 is 14.1. The third-order valence-corrected chi connectivity index (χ3v) is 7.77. The van der Waals surface area contributed by atoms with E-state index in [1.165, 1.54) is 0 Å². The number of aromatic nitrogens is 1. The highest BCUT2D eigenvalue weighted by atomic mass is 16.7. The van der Waals surface area contributed by atoms with Gasteiger partial charge < -0.3 is 39.4 Å². The number of phenolic OH excluding ortho intramolecular Hbond substituents is 5. The molecule has 1 fully saturated rings. The van der Waals surface area contributed by atoms with Crippen LogP contribution in [0.5, 0.6) is 28.7 Å². The Labute approximate surface area is 212 Å². The minimum absolute atomic E-state index is 0.258. The summed E-state index contributed by atoms with van der Waals surface area (Å²) in [4.78, 5) is 0. The van der Waals surface area contributed by atoms with Crippen molar-refractivity contribution in [3.63, 3.8) is 0 Å². The van der Waals surface area contributed by atoms with E-state index in [9.17, 15) is 25.5 Å². The Morgan fingerprint density at radius 3 is 1.86 bits per heavy atom. The van der Waals surface area contributed by atoms with Crippen LogP contribution in [-0.4, -0.2) is 48.4 Å². The Bertz CT molecular complexity index is 1710. The van der Waals surface area contributed by atoms with Crippen molar-refractivity contribution in [3.8, 4) is 34.4 Å². The molecule has 0 saturated carbocycles. The van der Waals surface area contributed by atoms with E-state index in [2.05, 4.69) is 0 Å². The van der Waals surface area contributed by atoms with E-state index < -0.39 is 47.1 Å². The predicted octanol–water partition coefficient (Wildman–Crippen LogP) is 4.76. The van der Waals surface area contributed by atoms with Crippen LogP contribution in [0.4, 0.5) is 0 Å². The maximum Gasteiger partial charge on any atom is 0.494 e. The van der Waals surface area contributed by atoms with E-state index in [1.807, 2.05) is 82.3 Å². The normalized spacial score (nSPS) is 16.8. The van der Waals surface area contributed by atoms with Gasteiger partial charge in [-0.1, -0.05) is 42.5 Å². The molecule has 0 bridgehead atoms. The zero-order valence-electron chi connectivity index (χ0n) is 20.8. The second-order valence-corrected chi connectivity index (χ2v) is 10.5. The van der Waals surface area contributed by atoms with Crippen LogP contribution in [0.15, 0.2) is 54.6 Å². The number of rotatable bonds is 2. The van der Waals surface area contributed by atoms with Crippen molar-refractivity contribution in [1.82, 2.24) is 4.57 Å². The molecule has 0 unspecified atom stereocenters. The molecule has 1 saturated heterocycles. The summed E-state index contributed by atoms with van der Waals surface area (Å²) in [7, 11) is -0.605. The maximum absolute atomic E-state index is 10.8. The van der Waals surface area contributed by atoms with Gasteiger partial charge in [-0.05, 0) is 56.1 Å². The van der Waals surface area contributed by atoms with Crippen molar-refractivity contribution in [2.45, 2.75) is 38.9 Å². The lowest BCUT2D eigenvalue weighted by molar-refractivity contribution is 0.00578. The zero-order valence-corrected chi connectivity index (χ0v) is 20.8. The molecule has 0 aliphatic carbocycles. The van der Waals surface area contributed by atoms with Crippen LogP contribution in [0.25, 0.3) is 38.3 Å². The number of benzene rings is 4. The predicted molar refractivity (Wildman–Crippen MR) is 142 cm³/mol. The van der Waals surface area contributed by atoms with Crippen molar-refractivity contribution < 1.29 is 34.8 Å². The molecular formula is C28H26BNO7. The minimum Gasteiger partial charge on any atom is -0.503 e. The van der Waals surface area contributed by atoms with Crippen molar-refractivity contribution in [1.29, 1.82) is 0 Å². The van der Waals surface area contributed by atoms with Gasteiger partial charge in [-0.3, -0.25) is 0 Å². The van der Waals surface area contributed by atoms with Crippen LogP contribution in [0.1, 0.15) is 27.7 Å². The molecule has 2 heterocycles. The highest BCUT2D eigenvalue weighted by molar-refractivity contribution is 6.62. The highest BCUT2D eigenvalue weighted by Gasteiger charge is 2.51. The third kappa shape index (κ3) is 3.11. The largest absolute Gasteiger partial charge is 0.503 e. The van der Waals surface area contributed by atoms with Crippen molar-refractivity contribution in [2.24, 2.45) is 0 Å². The molecule has 1 aliphatic rings. The smallest absolute Gasteiger partial charge is 0.494 e. The van der Waals surface area contributed by atoms with Crippen LogP contribution >= 0.6 is 0 Å². The number of hydrogen-bond acceptors (Lipinski definition) is 7. The van der Waals surface area contributed by atoms with Gasteiger partial charge in [0.15, 0.2) is 11.5 Å². The van der Waals surface area contributed by atoms with Gasteiger partial charge in [0.1, 0.15) is 5.69 Å². The molecule has 4 aromatic carbocycles. The number of aromatic hydroxyl groups is 5. The maximum atomic E-state index is 10.8. The van der Waals surface area contributed by atoms with Crippen LogP contribution in [0.2, 0.25) is 0 Å². The highest BCUT2D eigenvalue weighted by Crippen LogP contribution is 2.54. The van der Waals surface area contributed by atoms with Gasteiger partial charge in [-0.15, -0.1) is 0 Å². The quantitative estimate of drug-likeness (QED) is 0.135. The lowest BCUT2D eigenvalue weighted by atomic mass is 9.78. The van der Waals surface area contributed by atoms with Gasteiger partial charge in [-0.25, -0.2) is 0 Å². The van der Waals surface area contributed by atoms with Gasteiger partial charge in [0.2, 0.25) is 17.2 Å². The molecule has 5 N–H and O–H groups in total. The number of hydrogen-bond donors (Lipinski definition) is 5. The fraction of sp³-hybridized carbons (Fsp3) is 0.214. The molecular weight excluding hydrogens is 473 g/mol. The Morgan fingerprint density at radius 1 is 0.649 bits per heavy atom. The Morgan fingerprint density at radius 2 is 1.22 bits per heavy atom. The van der Waals surface area contributed by atoms with Gasteiger partial charge in [0.05, 0.1) is 22.2 Å². The van der Waals surface area contributed by atoms with Crippen LogP contribution < -0.4 is 5.46 Å². The van der Waals surface area contributed by atoms with Crippen LogP contribution in [-0.2, 0) is 9.31 Å².